The zero-order chi connectivity index (χ0) is 51.7. The minimum atomic E-state index is -5.17. The molecule has 0 amide bonds. The standard InChI is InChI=1S/2C32H52N.H2O4S/c2*1-4-5-6-7-8-9-10-11-12-13-14-15-16-23-28-33(2,3)32(31-26-21-18-22-27-31)29-30-24-19-17-20-25-30;1-5(2,3)4/h2*17-22,24-27,32H,4-16,23,28-29H2,1-3H3;(H2,1,2,3,4)/q2*+1;/p-2. The molecule has 4 aromatic rings. The number of unbranched alkanes of at least 4 members (excludes halogenated alkanes) is 26. The van der Waals surface area contributed by atoms with Crippen molar-refractivity contribution >= 4 is 10.4 Å². The third kappa shape index (κ3) is 33.9. The summed E-state index contributed by atoms with van der Waals surface area (Å²) in [5.41, 5.74) is 5.82. The molecule has 0 aromatic heterocycles. The van der Waals surface area contributed by atoms with Gasteiger partial charge in [-0.1, -0.05) is 289 Å². The average molecular weight is 998 g/mol. The summed E-state index contributed by atoms with van der Waals surface area (Å²) < 4.78 is 36.2. The second kappa shape index (κ2) is 40.1. The summed E-state index contributed by atoms with van der Waals surface area (Å²) >= 11 is 0. The number of nitrogens with zero attached hydrogens (tertiary/aromatic N) is 2. The first-order valence-corrected chi connectivity index (χ1v) is 30.1. The Kier molecular flexibility index (Phi) is 36.0. The van der Waals surface area contributed by atoms with Crippen LogP contribution in [-0.2, 0) is 23.2 Å². The van der Waals surface area contributed by atoms with E-state index in [1.54, 1.807) is 0 Å². The molecule has 0 N–H and O–H groups in total. The fraction of sp³-hybridized carbons (Fsp3) is 0.625. The summed E-state index contributed by atoms with van der Waals surface area (Å²) in [5.74, 6) is 0. The Morgan fingerprint density at radius 2 is 0.535 bits per heavy atom. The summed E-state index contributed by atoms with van der Waals surface area (Å²) in [4.78, 5) is 0. The predicted molar refractivity (Wildman–Crippen MR) is 304 cm³/mol. The molecule has 0 fully saturated rings. The van der Waals surface area contributed by atoms with Gasteiger partial charge in [-0.25, -0.2) is 0 Å². The van der Waals surface area contributed by atoms with E-state index in [0.717, 1.165) is 21.8 Å². The van der Waals surface area contributed by atoms with Crippen LogP contribution in [0.1, 0.15) is 228 Å². The Bertz CT molecular complexity index is 1760. The molecule has 0 aliphatic rings. The maximum Gasteiger partial charge on any atom is 0.118 e. The van der Waals surface area contributed by atoms with Crippen molar-refractivity contribution in [2.24, 2.45) is 0 Å². The van der Waals surface area contributed by atoms with Crippen LogP contribution in [0.4, 0.5) is 0 Å². The fourth-order valence-electron chi connectivity index (χ4n) is 10.3. The first-order valence-electron chi connectivity index (χ1n) is 28.8. The van der Waals surface area contributed by atoms with Crippen LogP contribution in [0.2, 0.25) is 0 Å². The van der Waals surface area contributed by atoms with Crippen LogP contribution in [-0.4, -0.2) is 67.8 Å². The summed E-state index contributed by atoms with van der Waals surface area (Å²) in [5, 5.41) is 0. The van der Waals surface area contributed by atoms with Crippen LogP contribution in [0.3, 0.4) is 0 Å². The topological polar surface area (TPSA) is 80.3 Å². The van der Waals surface area contributed by atoms with Gasteiger partial charge in [0.2, 0.25) is 0 Å². The molecule has 6 nitrogen and oxygen atoms in total. The maximum atomic E-state index is 8.52. The van der Waals surface area contributed by atoms with Crippen molar-refractivity contribution in [2.75, 3.05) is 41.3 Å². The molecule has 2 atom stereocenters. The van der Waals surface area contributed by atoms with Gasteiger partial charge in [0, 0.05) is 34.4 Å². The number of rotatable bonds is 38. The Labute approximate surface area is 438 Å². The maximum absolute atomic E-state index is 8.52. The monoisotopic (exact) mass is 997 g/mol. The third-order valence-electron chi connectivity index (χ3n) is 14.8. The van der Waals surface area contributed by atoms with Crippen molar-refractivity contribution in [3.8, 4) is 0 Å². The van der Waals surface area contributed by atoms with Crippen LogP contribution in [0.5, 0.6) is 0 Å². The van der Waals surface area contributed by atoms with Crippen molar-refractivity contribution in [3.63, 3.8) is 0 Å². The van der Waals surface area contributed by atoms with E-state index < -0.39 is 10.4 Å². The molecular formula is C64H104N2O4S. The molecule has 0 radical (unpaired) electrons. The van der Waals surface area contributed by atoms with Gasteiger partial charge in [-0.15, -0.1) is 0 Å². The quantitative estimate of drug-likeness (QED) is 0.0194. The van der Waals surface area contributed by atoms with Gasteiger partial charge in [0.15, 0.2) is 0 Å². The fourth-order valence-corrected chi connectivity index (χ4v) is 10.3. The van der Waals surface area contributed by atoms with Crippen LogP contribution >= 0.6 is 0 Å². The van der Waals surface area contributed by atoms with Gasteiger partial charge >= 0.3 is 0 Å². The second-order valence-corrected chi connectivity index (χ2v) is 22.7. The molecule has 0 heterocycles. The van der Waals surface area contributed by atoms with E-state index in [1.807, 2.05) is 0 Å². The zero-order valence-corrected chi connectivity index (χ0v) is 47.1. The lowest BCUT2D eigenvalue weighted by atomic mass is 9.95. The minimum absolute atomic E-state index is 0.510. The van der Waals surface area contributed by atoms with Crippen molar-refractivity contribution < 1.29 is 26.5 Å². The molecule has 0 aliphatic heterocycles. The molecule has 0 saturated heterocycles. The van der Waals surface area contributed by atoms with Crippen molar-refractivity contribution in [1.29, 1.82) is 0 Å². The number of quaternary nitrogens is 2. The zero-order valence-electron chi connectivity index (χ0n) is 46.3. The van der Waals surface area contributed by atoms with E-state index in [4.69, 9.17) is 17.5 Å². The largest absolute Gasteiger partial charge is 0.759 e. The summed E-state index contributed by atoms with van der Waals surface area (Å²) in [6.07, 6.45) is 42.1. The van der Waals surface area contributed by atoms with Gasteiger partial charge in [-0.05, 0) is 36.8 Å². The smallest absolute Gasteiger partial charge is 0.118 e. The normalized spacial score (nSPS) is 12.6. The lowest BCUT2D eigenvalue weighted by molar-refractivity contribution is -0.921. The lowest BCUT2D eigenvalue weighted by Gasteiger charge is -2.39. The van der Waals surface area contributed by atoms with Gasteiger partial charge in [0.25, 0.3) is 0 Å². The van der Waals surface area contributed by atoms with Crippen LogP contribution < -0.4 is 0 Å². The van der Waals surface area contributed by atoms with E-state index in [2.05, 4.69) is 163 Å². The Balaban J connectivity index is 0.000000444. The molecule has 4 aromatic carbocycles. The lowest BCUT2D eigenvalue weighted by Crippen LogP contribution is -2.45. The highest BCUT2D eigenvalue weighted by Gasteiger charge is 2.31. The first-order chi connectivity index (χ1) is 34.3. The average Bonchev–Trinajstić information content (AvgIpc) is 3.36. The van der Waals surface area contributed by atoms with Crippen LogP contribution in [0.25, 0.3) is 0 Å². The molecule has 0 spiro atoms. The van der Waals surface area contributed by atoms with Gasteiger partial charge in [0.05, 0.1) is 41.3 Å². The van der Waals surface area contributed by atoms with Gasteiger partial charge < -0.3 is 18.1 Å². The van der Waals surface area contributed by atoms with E-state index in [1.165, 1.54) is 215 Å². The second-order valence-electron chi connectivity index (χ2n) is 21.8. The first kappa shape index (κ1) is 63.8. The highest BCUT2D eigenvalue weighted by Crippen LogP contribution is 2.31. The molecule has 0 aliphatic carbocycles. The molecule has 7 heteroatoms. The van der Waals surface area contributed by atoms with E-state index >= 15 is 0 Å². The van der Waals surface area contributed by atoms with E-state index in [-0.39, 0.29) is 0 Å². The van der Waals surface area contributed by atoms with Crippen molar-refractivity contribution in [1.82, 2.24) is 0 Å². The summed E-state index contributed by atoms with van der Waals surface area (Å²) in [7, 11) is 4.57. The summed E-state index contributed by atoms with van der Waals surface area (Å²) in [6.45, 7) is 7.11. The predicted octanol–water partition coefficient (Wildman–Crippen LogP) is 17.7. The highest BCUT2D eigenvalue weighted by molar-refractivity contribution is 7.79. The molecule has 400 valence electrons. The van der Waals surface area contributed by atoms with E-state index in [9.17, 15) is 0 Å². The van der Waals surface area contributed by atoms with Crippen LogP contribution in [0, 0.1) is 0 Å². The number of hydrogen-bond acceptors (Lipinski definition) is 4. The molecule has 0 saturated carbocycles. The molecule has 4 rings (SSSR count). The Morgan fingerprint density at radius 1 is 0.338 bits per heavy atom. The van der Waals surface area contributed by atoms with Crippen molar-refractivity contribution in [2.45, 2.75) is 219 Å². The van der Waals surface area contributed by atoms with E-state index in [0.29, 0.717) is 12.1 Å². The molecule has 0 bridgehead atoms. The molecule has 71 heavy (non-hydrogen) atoms. The molecule has 2 unspecified atom stereocenters. The summed E-state index contributed by atoms with van der Waals surface area (Å²) in [6, 6.07) is 45.4. The number of benzene rings is 4. The Hall–Kier alpha value is -3.33. The number of hydrogen-bond donors (Lipinski definition) is 0. The highest BCUT2D eigenvalue weighted by atomic mass is 32.3. The third-order valence-corrected chi connectivity index (χ3v) is 14.8. The van der Waals surface area contributed by atoms with Gasteiger partial charge in [-0.3, -0.25) is 8.42 Å². The van der Waals surface area contributed by atoms with Crippen LogP contribution in [0.15, 0.2) is 121 Å². The van der Waals surface area contributed by atoms with Gasteiger partial charge in [0.1, 0.15) is 12.1 Å². The Morgan fingerprint density at radius 3 is 0.761 bits per heavy atom. The van der Waals surface area contributed by atoms with Gasteiger partial charge in [-0.2, -0.15) is 0 Å². The van der Waals surface area contributed by atoms with Crippen molar-refractivity contribution in [3.05, 3.63) is 144 Å². The minimum Gasteiger partial charge on any atom is -0.759 e. The SMILES string of the molecule is CCCCCCCCCCCCCCCC[N+](C)(C)C(Cc1ccccc1)c1ccccc1.CCCCCCCCCCCCCCCC[N+](C)(C)C(Cc1ccccc1)c1ccccc1.O=S(=O)([O-])[O-]. The molecular weight excluding hydrogens is 893 g/mol. The number of likely N-dealkylation sites (N-methyl/N-ethyl adjacent to an activating group) is 2.